The molecule has 1 nitrogen and oxygen atoms in total. The van der Waals surface area contributed by atoms with Crippen molar-refractivity contribution in [2.24, 2.45) is 5.92 Å². The molecule has 0 fully saturated rings. The molecule has 1 atom stereocenters. The summed E-state index contributed by atoms with van der Waals surface area (Å²) in [5, 5.41) is 0. The van der Waals surface area contributed by atoms with Crippen molar-refractivity contribution in [3.8, 4) is 17.6 Å². The van der Waals surface area contributed by atoms with E-state index in [-0.39, 0.29) is 0 Å². The molecule has 0 radical (unpaired) electrons. The molecule has 0 aliphatic carbocycles. The number of benzene rings is 1. The third-order valence-corrected chi connectivity index (χ3v) is 2.58. The van der Waals surface area contributed by atoms with Gasteiger partial charge in [-0.05, 0) is 30.5 Å². The van der Waals surface area contributed by atoms with E-state index in [0.717, 1.165) is 17.9 Å². The molecule has 0 aliphatic rings. The molecule has 0 heterocycles. The van der Waals surface area contributed by atoms with Gasteiger partial charge in [0.2, 0.25) is 0 Å². The monoisotopic (exact) mass is 250 g/mol. The van der Waals surface area contributed by atoms with E-state index in [4.69, 9.17) is 16.3 Å². The molecule has 0 saturated heterocycles. The van der Waals surface area contributed by atoms with Crippen molar-refractivity contribution >= 4 is 11.6 Å². The standard InChI is InChI=1S/C15H19ClO/c1-3-6-13(2)12-17-15-9-4-7-14(11-15)8-5-10-16/h4,7,9,11,13H,3,6,10,12H2,1-2H3. The molecule has 1 rings (SSSR count). The van der Waals surface area contributed by atoms with Crippen LogP contribution >= 0.6 is 11.6 Å². The van der Waals surface area contributed by atoms with Crippen LogP contribution in [-0.2, 0) is 0 Å². The fraction of sp³-hybridized carbons (Fsp3) is 0.467. The summed E-state index contributed by atoms with van der Waals surface area (Å²) in [6, 6.07) is 7.84. The van der Waals surface area contributed by atoms with E-state index in [1.807, 2.05) is 24.3 Å². The van der Waals surface area contributed by atoms with Crippen LogP contribution in [0.2, 0.25) is 0 Å². The molecule has 1 aromatic carbocycles. The van der Waals surface area contributed by atoms with E-state index in [2.05, 4.69) is 25.7 Å². The molecule has 17 heavy (non-hydrogen) atoms. The molecule has 2 heteroatoms. The van der Waals surface area contributed by atoms with Crippen LogP contribution in [-0.4, -0.2) is 12.5 Å². The molecule has 0 aromatic heterocycles. The van der Waals surface area contributed by atoms with E-state index in [1.165, 1.54) is 12.8 Å². The van der Waals surface area contributed by atoms with Gasteiger partial charge in [-0.1, -0.05) is 38.2 Å². The number of hydrogen-bond acceptors (Lipinski definition) is 1. The molecule has 0 spiro atoms. The first-order valence-electron chi connectivity index (χ1n) is 6.04. The lowest BCUT2D eigenvalue weighted by Crippen LogP contribution is -2.08. The molecule has 92 valence electrons. The first-order chi connectivity index (χ1) is 8.26. The minimum atomic E-state index is 0.360. The van der Waals surface area contributed by atoms with Gasteiger partial charge in [-0.15, -0.1) is 11.6 Å². The van der Waals surface area contributed by atoms with Crippen LogP contribution in [0.3, 0.4) is 0 Å². The lowest BCUT2D eigenvalue weighted by Gasteiger charge is -2.12. The van der Waals surface area contributed by atoms with Gasteiger partial charge in [0.1, 0.15) is 5.75 Å². The summed E-state index contributed by atoms with van der Waals surface area (Å²) in [5.41, 5.74) is 0.950. The van der Waals surface area contributed by atoms with Crippen LogP contribution < -0.4 is 4.74 Å². The quantitative estimate of drug-likeness (QED) is 0.565. The smallest absolute Gasteiger partial charge is 0.120 e. The van der Waals surface area contributed by atoms with Gasteiger partial charge in [0.25, 0.3) is 0 Å². The van der Waals surface area contributed by atoms with Crippen molar-refractivity contribution in [2.75, 3.05) is 12.5 Å². The van der Waals surface area contributed by atoms with E-state index in [0.29, 0.717) is 11.8 Å². The van der Waals surface area contributed by atoms with Gasteiger partial charge >= 0.3 is 0 Å². The van der Waals surface area contributed by atoms with Gasteiger partial charge in [-0.25, -0.2) is 0 Å². The molecule has 0 aliphatic heterocycles. The molecule has 1 aromatic rings. The zero-order chi connectivity index (χ0) is 12.5. The second kappa shape index (κ2) is 8.03. The molecular weight excluding hydrogens is 232 g/mol. The number of halogens is 1. The van der Waals surface area contributed by atoms with Crippen molar-refractivity contribution in [1.82, 2.24) is 0 Å². The molecule has 0 amide bonds. The van der Waals surface area contributed by atoms with E-state index in [1.54, 1.807) is 0 Å². The molecule has 0 bridgehead atoms. The fourth-order valence-corrected chi connectivity index (χ4v) is 1.68. The summed E-state index contributed by atoms with van der Waals surface area (Å²) in [5.74, 6) is 7.66. The Balaban J connectivity index is 2.54. The van der Waals surface area contributed by atoms with Crippen molar-refractivity contribution in [2.45, 2.75) is 26.7 Å². The van der Waals surface area contributed by atoms with Gasteiger partial charge in [-0.2, -0.15) is 0 Å². The molecule has 0 N–H and O–H groups in total. The Morgan fingerprint density at radius 2 is 2.24 bits per heavy atom. The Morgan fingerprint density at radius 1 is 1.41 bits per heavy atom. The summed E-state index contributed by atoms with van der Waals surface area (Å²) in [6.45, 7) is 5.17. The van der Waals surface area contributed by atoms with Crippen LogP contribution in [0, 0.1) is 17.8 Å². The first kappa shape index (κ1) is 13.9. The van der Waals surface area contributed by atoms with Crippen molar-refractivity contribution in [3.05, 3.63) is 29.8 Å². The second-order valence-corrected chi connectivity index (χ2v) is 4.44. The minimum absolute atomic E-state index is 0.360. The number of ether oxygens (including phenoxy) is 1. The number of hydrogen-bond donors (Lipinski definition) is 0. The van der Waals surface area contributed by atoms with Crippen molar-refractivity contribution in [3.63, 3.8) is 0 Å². The highest BCUT2D eigenvalue weighted by molar-refractivity contribution is 6.19. The van der Waals surface area contributed by atoms with Crippen molar-refractivity contribution < 1.29 is 4.74 Å². The van der Waals surface area contributed by atoms with E-state index < -0.39 is 0 Å². The number of alkyl halides is 1. The maximum atomic E-state index is 5.74. The summed E-state index contributed by atoms with van der Waals surface area (Å²) in [7, 11) is 0. The predicted molar refractivity (Wildman–Crippen MR) is 73.6 cm³/mol. The zero-order valence-electron chi connectivity index (χ0n) is 10.5. The van der Waals surface area contributed by atoms with Crippen LogP contribution in [0.25, 0.3) is 0 Å². The van der Waals surface area contributed by atoms with Gasteiger partial charge in [0.15, 0.2) is 0 Å². The average molecular weight is 251 g/mol. The topological polar surface area (TPSA) is 9.23 Å². The second-order valence-electron chi connectivity index (χ2n) is 4.17. The summed E-state index contributed by atoms with van der Waals surface area (Å²) >= 11 is 5.52. The average Bonchev–Trinajstić information content (AvgIpc) is 2.35. The Labute approximate surface area is 109 Å². The first-order valence-corrected chi connectivity index (χ1v) is 6.57. The van der Waals surface area contributed by atoms with E-state index >= 15 is 0 Å². The summed E-state index contributed by atoms with van der Waals surface area (Å²) in [6.07, 6.45) is 2.40. The molecular formula is C15H19ClO. The third-order valence-electron chi connectivity index (χ3n) is 2.45. The maximum Gasteiger partial charge on any atom is 0.120 e. The zero-order valence-corrected chi connectivity index (χ0v) is 11.3. The maximum absolute atomic E-state index is 5.74. The highest BCUT2D eigenvalue weighted by Gasteiger charge is 2.02. The lowest BCUT2D eigenvalue weighted by atomic mass is 10.1. The Morgan fingerprint density at radius 3 is 2.94 bits per heavy atom. The normalized spacial score (nSPS) is 11.5. The number of rotatable bonds is 5. The van der Waals surface area contributed by atoms with Crippen LogP contribution in [0.4, 0.5) is 0 Å². The van der Waals surface area contributed by atoms with Gasteiger partial charge in [0, 0.05) is 5.56 Å². The van der Waals surface area contributed by atoms with Crippen LogP contribution in [0.1, 0.15) is 32.3 Å². The molecule has 0 saturated carbocycles. The highest BCUT2D eigenvalue weighted by Crippen LogP contribution is 2.15. The largest absolute Gasteiger partial charge is 0.493 e. The van der Waals surface area contributed by atoms with Gasteiger partial charge in [0.05, 0.1) is 12.5 Å². The Hall–Kier alpha value is -1.13. The lowest BCUT2D eigenvalue weighted by molar-refractivity contribution is 0.251. The summed E-state index contributed by atoms with van der Waals surface area (Å²) < 4.78 is 5.74. The fourth-order valence-electron chi connectivity index (χ4n) is 1.61. The Kier molecular flexibility index (Phi) is 6.58. The van der Waals surface area contributed by atoms with Crippen LogP contribution in [0.5, 0.6) is 5.75 Å². The van der Waals surface area contributed by atoms with Crippen molar-refractivity contribution in [1.29, 1.82) is 0 Å². The van der Waals surface area contributed by atoms with Gasteiger partial charge < -0.3 is 4.74 Å². The van der Waals surface area contributed by atoms with Gasteiger partial charge in [-0.3, -0.25) is 0 Å². The Bertz CT molecular complexity index is 389. The highest BCUT2D eigenvalue weighted by atomic mass is 35.5. The van der Waals surface area contributed by atoms with E-state index in [9.17, 15) is 0 Å². The molecule has 1 unspecified atom stereocenters. The minimum Gasteiger partial charge on any atom is -0.493 e. The third kappa shape index (κ3) is 5.65. The van der Waals surface area contributed by atoms with Crippen LogP contribution in [0.15, 0.2) is 24.3 Å². The SMILES string of the molecule is CCCC(C)COc1cccc(C#CCCl)c1. The summed E-state index contributed by atoms with van der Waals surface area (Å²) in [4.78, 5) is 0. The predicted octanol–water partition coefficient (Wildman–Crippen LogP) is 4.09.